The van der Waals surface area contributed by atoms with E-state index in [1.54, 1.807) is 19.9 Å². The van der Waals surface area contributed by atoms with Crippen molar-refractivity contribution in [3.8, 4) is 11.5 Å². The van der Waals surface area contributed by atoms with Crippen LogP contribution < -0.4 is 9.47 Å². The summed E-state index contributed by atoms with van der Waals surface area (Å²) in [6.45, 7) is 3.57. The Morgan fingerprint density at radius 3 is 2.43 bits per heavy atom. The lowest BCUT2D eigenvalue weighted by Crippen LogP contribution is -2.18. The minimum Gasteiger partial charge on any atom is -0.496 e. The van der Waals surface area contributed by atoms with Gasteiger partial charge >= 0.3 is 23.9 Å². The Morgan fingerprint density at radius 1 is 1.13 bits per heavy atom. The molecular formula is C21H24O9. The van der Waals surface area contributed by atoms with Crippen LogP contribution in [0.2, 0.25) is 0 Å². The molecule has 1 aromatic rings. The highest BCUT2D eigenvalue weighted by molar-refractivity contribution is 6.00. The average molecular weight is 420 g/mol. The number of esters is 3. The van der Waals surface area contributed by atoms with E-state index >= 15 is 0 Å². The molecule has 2 rings (SSSR count). The predicted molar refractivity (Wildman–Crippen MR) is 103 cm³/mol. The first kappa shape index (κ1) is 22.9. The summed E-state index contributed by atoms with van der Waals surface area (Å²) in [5.41, 5.74) is 2.59. The molecular weight excluding hydrogens is 396 g/mol. The molecule has 0 unspecified atom stereocenters. The second-order valence-electron chi connectivity index (χ2n) is 6.77. The standard InChI is InChI=1S/C21H24O9/c1-11(6-8-15(22)23)5-7-13-19(28-4)12(2)14-10-29-21(26)18(14)20(13)30-17(25)9-16(24)27-3/h5H,6-10H2,1-4H3,(H,22,23)/b11-5+. The number of benzene rings is 1. The summed E-state index contributed by atoms with van der Waals surface area (Å²) in [6, 6.07) is 0. The van der Waals surface area contributed by atoms with E-state index in [9.17, 15) is 19.2 Å². The third-order valence-electron chi connectivity index (χ3n) is 4.75. The second-order valence-corrected chi connectivity index (χ2v) is 6.77. The summed E-state index contributed by atoms with van der Waals surface area (Å²) >= 11 is 0. The number of cyclic esters (lactones) is 1. The molecule has 1 heterocycles. The lowest BCUT2D eigenvalue weighted by molar-refractivity contribution is -0.148. The van der Waals surface area contributed by atoms with Crippen LogP contribution in [0, 0.1) is 6.92 Å². The van der Waals surface area contributed by atoms with Crippen LogP contribution in [0.3, 0.4) is 0 Å². The van der Waals surface area contributed by atoms with Gasteiger partial charge < -0.3 is 24.1 Å². The van der Waals surface area contributed by atoms with Crippen LogP contribution in [-0.4, -0.2) is 43.2 Å². The summed E-state index contributed by atoms with van der Waals surface area (Å²) in [4.78, 5) is 46.8. The number of carboxylic acids is 1. The molecule has 0 saturated carbocycles. The highest BCUT2D eigenvalue weighted by atomic mass is 16.6. The molecule has 0 saturated heterocycles. The Labute approximate surface area is 173 Å². The Hall–Kier alpha value is -3.36. The first-order valence-electron chi connectivity index (χ1n) is 9.23. The van der Waals surface area contributed by atoms with Crippen LogP contribution in [0.1, 0.15) is 53.2 Å². The Bertz CT molecular complexity index is 912. The molecule has 30 heavy (non-hydrogen) atoms. The van der Waals surface area contributed by atoms with Crippen LogP contribution in [0.5, 0.6) is 11.5 Å². The molecule has 0 fully saturated rings. The molecule has 1 aliphatic heterocycles. The van der Waals surface area contributed by atoms with Gasteiger partial charge in [-0.25, -0.2) is 4.79 Å². The van der Waals surface area contributed by atoms with Crippen molar-refractivity contribution < 1.29 is 43.2 Å². The van der Waals surface area contributed by atoms with E-state index in [1.165, 1.54) is 7.11 Å². The summed E-state index contributed by atoms with van der Waals surface area (Å²) in [6.07, 6.45) is 1.71. The van der Waals surface area contributed by atoms with Gasteiger partial charge in [0, 0.05) is 17.5 Å². The highest BCUT2D eigenvalue weighted by Crippen LogP contribution is 2.43. The van der Waals surface area contributed by atoms with Gasteiger partial charge in [0.05, 0.1) is 14.2 Å². The van der Waals surface area contributed by atoms with Crippen molar-refractivity contribution in [2.75, 3.05) is 14.2 Å². The molecule has 0 atom stereocenters. The maximum absolute atomic E-state index is 12.3. The van der Waals surface area contributed by atoms with Gasteiger partial charge in [0.1, 0.15) is 24.3 Å². The van der Waals surface area contributed by atoms with Crippen LogP contribution >= 0.6 is 0 Å². The molecule has 0 spiro atoms. The smallest absolute Gasteiger partial charge is 0.342 e. The second kappa shape index (κ2) is 9.91. The van der Waals surface area contributed by atoms with Gasteiger partial charge in [-0.3, -0.25) is 14.4 Å². The van der Waals surface area contributed by atoms with E-state index in [0.717, 1.165) is 12.7 Å². The number of hydrogen-bond acceptors (Lipinski definition) is 8. The van der Waals surface area contributed by atoms with E-state index in [4.69, 9.17) is 19.3 Å². The monoisotopic (exact) mass is 420 g/mol. The fraction of sp³-hybridized carbons (Fsp3) is 0.429. The molecule has 162 valence electrons. The van der Waals surface area contributed by atoms with Crippen molar-refractivity contribution in [3.63, 3.8) is 0 Å². The third kappa shape index (κ3) is 5.16. The fourth-order valence-electron chi connectivity index (χ4n) is 3.14. The molecule has 0 aliphatic carbocycles. The average Bonchev–Trinajstić information content (AvgIpc) is 3.08. The molecule has 1 aliphatic rings. The number of aliphatic carboxylic acids is 1. The van der Waals surface area contributed by atoms with Gasteiger partial charge in [-0.1, -0.05) is 11.6 Å². The third-order valence-corrected chi connectivity index (χ3v) is 4.75. The van der Waals surface area contributed by atoms with E-state index in [1.807, 2.05) is 0 Å². The van der Waals surface area contributed by atoms with E-state index < -0.39 is 30.3 Å². The molecule has 9 nitrogen and oxygen atoms in total. The topological polar surface area (TPSA) is 125 Å². The van der Waals surface area contributed by atoms with Crippen LogP contribution in [-0.2, 0) is 36.9 Å². The molecule has 1 N–H and O–H groups in total. The van der Waals surface area contributed by atoms with Crippen LogP contribution in [0.15, 0.2) is 11.6 Å². The lowest BCUT2D eigenvalue weighted by Gasteiger charge is -2.18. The zero-order chi connectivity index (χ0) is 22.4. The van der Waals surface area contributed by atoms with Gasteiger partial charge in [0.25, 0.3) is 0 Å². The van der Waals surface area contributed by atoms with Gasteiger partial charge in [0.15, 0.2) is 5.75 Å². The number of carbonyl (C=O) groups is 4. The zero-order valence-corrected chi connectivity index (χ0v) is 17.3. The van der Waals surface area contributed by atoms with Crippen molar-refractivity contribution in [2.45, 2.75) is 46.1 Å². The Balaban J connectivity index is 2.50. The molecule has 0 radical (unpaired) electrons. The quantitative estimate of drug-likeness (QED) is 0.277. The van der Waals surface area contributed by atoms with Crippen molar-refractivity contribution in [1.29, 1.82) is 0 Å². The first-order chi connectivity index (χ1) is 14.2. The molecule has 1 aromatic carbocycles. The van der Waals surface area contributed by atoms with Crippen LogP contribution in [0.25, 0.3) is 0 Å². The largest absolute Gasteiger partial charge is 0.496 e. The Morgan fingerprint density at radius 2 is 1.83 bits per heavy atom. The zero-order valence-electron chi connectivity index (χ0n) is 17.3. The van der Waals surface area contributed by atoms with E-state index in [-0.39, 0.29) is 30.8 Å². The number of fused-ring (bicyclic) bond motifs is 1. The van der Waals surface area contributed by atoms with Crippen molar-refractivity contribution in [1.82, 2.24) is 0 Å². The molecule has 0 amide bonds. The minimum atomic E-state index is -0.908. The van der Waals surface area contributed by atoms with Gasteiger partial charge in [-0.05, 0) is 32.3 Å². The lowest BCUT2D eigenvalue weighted by atomic mass is 9.94. The molecule has 0 aromatic heterocycles. The summed E-state index contributed by atoms with van der Waals surface area (Å²) < 4.78 is 20.5. The van der Waals surface area contributed by atoms with Crippen molar-refractivity contribution in [3.05, 3.63) is 33.9 Å². The number of carbonyl (C=O) groups excluding carboxylic acids is 3. The number of allylic oxidation sites excluding steroid dienone is 2. The number of hydrogen-bond donors (Lipinski definition) is 1. The number of ether oxygens (including phenoxy) is 4. The summed E-state index contributed by atoms with van der Waals surface area (Å²) in [5, 5.41) is 8.84. The maximum atomic E-state index is 12.3. The van der Waals surface area contributed by atoms with Gasteiger partial charge in [0.2, 0.25) is 0 Å². The Kier molecular flexibility index (Phi) is 7.57. The first-order valence-corrected chi connectivity index (χ1v) is 9.23. The molecule has 0 bridgehead atoms. The number of carboxylic acid groups (broad SMARTS) is 1. The van der Waals surface area contributed by atoms with Crippen LogP contribution in [0.4, 0.5) is 0 Å². The van der Waals surface area contributed by atoms with Crippen molar-refractivity contribution >= 4 is 23.9 Å². The van der Waals surface area contributed by atoms with Crippen molar-refractivity contribution in [2.24, 2.45) is 0 Å². The predicted octanol–water partition coefficient (Wildman–Crippen LogP) is 2.50. The highest BCUT2D eigenvalue weighted by Gasteiger charge is 2.34. The van der Waals surface area contributed by atoms with E-state index in [2.05, 4.69) is 4.74 Å². The summed E-state index contributed by atoms with van der Waals surface area (Å²) in [7, 11) is 2.60. The fourth-order valence-corrected chi connectivity index (χ4v) is 3.14. The maximum Gasteiger partial charge on any atom is 0.342 e. The normalized spacial score (nSPS) is 12.8. The van der Waals surface area contributed by atoms with Gasteiger partial charge in [-0.15, -0.1) is 0 Å². The minimum absolute atomic E-state index is 0.0179. The SMILES string of the molecule is COC(=O)CC(=O)Oc1c(C/C=C(\C)CCC(=O)O)c(OC)c(C)c2c1C(=O)OC2. The number of methoxy groups -OCH3 is 2. The summed E-state index contributed by atoms with van der Waals surface area (Å²) in [5.74, 6) is -2.80. The van der Waals surface area contributed by atoms with Gasteiger partial charge in [-0.2, -0.15) is 0 Å². The molecule has 9 heteroatoms. The number of rotatable bonds is 9. The van der Waals surface area contributed by atoms with E-state index in [0.29, 0.717) is 28.9 Å².